The molecular weight excluding hydrogens is 282 g/mol. The average Bonchev–Trinajstić information content (AvgIpc) is 2.56. The number of hydrogen-bond donors (Lipinski definition) is 1. The maximum atomic E-state index is 11.5. The van der Waals surface area contributed by atoms with Gasteiger partial charge in [0.1, 0.15) is 11.8 Å². The molecule has 0 aliphatic heterocycles. The van der Waals surface area contributed by atoms with Gasteiger partial charge in [0.25, 0.3) is 0 Å². The Hall–Kier alpha value is -2.82. The van der Waals surface area contributed by atoms with E-state index in [2.05, 4.69) is 0 Å². The van der Waals surface area contributed by atoms with Crippen LogP contribution in [0.3, 0.4) is 0 Å². The van der Waals surface area contributed by atoms with Crippen LogP contribution in [-0.2, 0) is 11.3 Å². The van der Waals surface area contributed by atoms with Gasteiger partial charge in [0.05, 0.1) is 13.7 Å². The summed E-state index contributed by atoms with van der Waals surface area (Å²) in [4.78, 5) is 23.9. The van der Waals surface area contributed by atoms with Crippen LogP contribution < -0.4 is 4.74 Å². The molecule has 1 radical (unpaired) electrons. The molecule has 1 unspecified atom stereocenters. The first kappa shape index (κ1) is 15.6. The molecule has 5 heteroatoms. The molecule has 0 saturated carbocycles. The highest BCUT2D eigenvalue weighted by Gasteiger charge is 2.25. The Labute approximate surface area is 128 Å². The minimum atomic E-state index is -1.17. The summed E-state index contributed by atoms with van der Waals surface area (Å²) < 4.78 is 5.07. The van der Waals surface area contributed by atoms with Crippen LogP contribution in [0.15, 0.2) is 54.6 Å². The molecule has 2 aromatic carbocycles. The standard InChI is InChI=1S/C17H16NO4/c1-22-15-9-7-13(8-10-15)11-18(17(20)21)16(12-19)14-5-3-2-4-6-14/h2-10,16H,11H2,1H3,(H,20,21). The van der Waals surface area contributed by atoms with Crippen molar-refractivity contribution in [1.29, 1.82) is 0 Å². The van der Waals surface area contributed by atoms with Crippen molar-refractivity contribution in [3.8, 4) is 5.75 Å². The van der Waals surface area contributed by atoms with Crippen molar-refractivity contribution in [2.75, 3.05) is 7.11 Å². The highest BCUT2D eigenvalue weighted by Crippen LogP contribution is 2.22. The second kappa shape index (κ2) is 7.26. The first-order valence-electron chi connectivity index (χ1n) is 6.71. The van der Waals surface area contributed by atoms with Gasteiger partial charge in [-0.3, -0.25) is 9.69 Å². The van der Waals surface area contributed by atoms with Crippen LogP contribution in [0, 0.1) is 0 Å². The smallest absolute Gasteiger partial charge is 0.408 e. The monoisotopic (exact) mass is 298 g/mol. The number of carboxylic acid groups (broad SMARTS) is 1. The Morgan fingerprint density at radius 2 is 1.82 bits per heavy atom. The van der Waals surface area contributed by atoms with Crippen molar-refractivity contribution in [3.05, 3.63) is 65.7 Å². The fourth-order valence-corrected chi connectivity index (χ4v) is 2.14. The van der Waals surface area contributed by atoms with Crippen LogP contribution in [0.4, 0.5) is 4.79 Å². The Balaban J connectivity index is 2.24. The summed E-state index contributed by atoms with van der Waals surface area (Å²) >= 11 is 0. The maximum Gasteiger partial charge on any atom is 0.408 e. The molecule has 0 aliphatic carbocycles. The zero-order valence-corrected chi connectivity index (χ0v) is 12.1. The molecule has 2 rings (SSSR count). The predicted molar refractivity (Wildman–Crippen MR) is 81.4 cm³/mol. The van der Waals surface area contributed by atoms with Gasteiger partial charge in [-0.2, -0.15) is 0 Å². The van der Waals surface area contributed by atoms with Crippen LogP contribution in [0.1, 0.15) is 17.2 Å². The molecular formula is C17H16NO4. The van der Waals surface area contributed by atoms with Gasteiger partial charge >= 0.3 is 6.09 Å². The van der Waals surface area contributed by atoms with Crippen molar-refractivity contribution in [3.63, 3.8) is 0 Å². The molecule has 0 saturated heterocycles. The van der Waals surface area contributed by atoms with Crippen LogP contribution in [0.2, 0.25) is 0 Å². The molecule has 0 aliphatic rings. The quantitative estimate of drug-likeness (QED) is 0.890. The van der Waals surface area contributed by atoms with Gasteiger partial charge in [0.2, 0.25) is 6.29 Å². The number of rotatable bonds is 6. The summed E-state index contributed by atoms with van der Waals surface area (Å²) in [5.41, 5.74) is 1.35. The number of benzene rings is 2. The number of carbonyl (C=O) groups is 1. The largest absolute Gasteiger partial charge is 0.497 e. The second-order valence-electron chi connectivity index (χ2n) is 4.69. The van der Waals surface area contributed by atoms with Gasteiger partial charge in [0, 0.05) is 0 Å². The second-order valence-corrected chi connectivity index (χ2v) is 4.69. The van der Waals surface area contributed by atoms with Crippen molar-refractivity contribution >= 4 is 12.4 Å². The third-order valence-electron chi connectivity index (χ3n) is 3.30. The van der Waals surface area contributed by atoms with Crippen molar-refractivity contribution in [2.45, 2.75) is 12.6 Å². The van der Waals surface area contributed by atoms with Gasteiger partial charge in [-0.05, 0) is 23.3 Å². The lowest BCUT2D eigenvalue weighted by atomic mass is 10.1. The number of carbonyl (C=O) groups excluding carboxylic acids is 1. The maximum absolute atomic E-state index is 11.5. The Morgan fingerprint density at radius 3 is 2.32 bits per heavy atom. The van der Waals surface area contributed by atoms with Crippen molar-refractivity contribution in [2.24, 2.45) is 0 Å². The van der Waals surface area contributed by atoms with Gasteiger partial charge in [-0.15, -0.1) is 0 Å². The van der Waals surface area contributed by atoms with E-state index < -0.39 is 12.1 Å². The van der Waals surface area contributed by atoms with E-state index in [9.17, 15) is 14.7 Å². The zero-order valence-electron chi connectivity index (χ0n) is 12.1. The van der Waals surface area contributed by atoms with E-state index in [1.807, 2.05) is 6.29 Å². The number of methoxy groups -OCH3 is 1. The molecule has 0 aromatic heterocycles. The normalized spacial score (nSPS) is 11.5. The molecule has 2 aromatic rings. The Bertz CT molecular complexity index is 625. The molecule has 1 amide bonds. The van der Waals surface area contributed by atoms with Crippen LogP contribution in [-0.4, -0.2) is 29.5 Å². The predicted octanol–water partition coefficient (Wildman–Crippen LogP) is 3.03. The zero-order chi connectivity index (χ0) is 15.9. The lowest BCUT2D eigenvalue weighted by molar-refractivity contribution is 0.133. The lowest BCUT2D eigenvalue weighted by Gasteiger charge is -2.25. The fraction of sp³-hybridized carbons (Fsp3) is 0.176. The first-order valence-corrected chi connectivity index (χ1v) is 6.71. The molecule has 0 bridgehead atoms. The van der Waals surface area contributed by atoms with Crippen LogP contribution in [0.25, 0.3) is 0 Å². The SMILES string of the molecule is COc1ccc(CN(C(=O)O)C([C]=O)c2ccccc2)cc1. The molecule has 0 fully saturated rings. The van der Waals surface area contributed by atoms with Gasteiger partial charge in [-0.1, -0.05) is 42.5 Å². The van der Waals surface area contributed by atoms with E-state index in [0.29, 0.717) is 11.3 Å². The number of nitrogens with zero attached hydrogens (tertiary/aromatic N) is 1. The summed E-state index contributed by atoms with van der Waals surface area (Å²) in [6.07, 6.45) is 0.640. The average molecular weight is 298 g/mol. The Morgan fingerprint density at radius 1 is 1.18 bits per heavy atom. The van der Waals surface area contributed by atoms with Crippen LogP contribution in [0.5, 0.6) is 5.75 Å². The molecule has 5 nitrogen and oxygen atoms in total. The van der Waals surface area contributed by atoms with Gasteiger partial charge in [0.15, 0.2) is 0 Å². The van der Waals surface area contributed by atoms with Crippen molar-refractivity contribution in [1.82, 2.24) is 4.90 Å². The molecule has 113 valence electrons. The minimum Gasteiger partial charge on any atom is -0.497 e. The molecule has 0 heterocycles. The lowest BCUT2D eigenvalue weighted by Crippen LogP contribution is -2.34. The Kier molecular flexibility index (Phi) is 5.14. The third-order valence-corrected chi connectivity index (χ3v) is 3.30. The van der Waals surface area contributed by atoms with E-state index in [-0.39, 0.29) is 6.54 Å². The van der Waals surface area contributed by atoms with E-state index in [4.69, 9.17) is 4.74 Å². The van der Waals surface area contributed by atoms with Gasteiger partial charge in [-0.25, -0.2) is 4.79 Å². The highest BCUT2D eigenvalue weighted by molar-refractivity contribution is 5.73. The summed E-state index contributed by atoms with van der Waals surface area (Å²) in [5, 5.41) is 9.42. The van der Waals surface area contributed by atoms with Crippen molar-refractivity contribution < 1.29 is 19.4 Å². The number of hydrogen-bond acceptors (Lipinski definition) is 3. The summed E-state index contributed by atoms with van der Waals surface area (Å²) in [6.45, 7) is 0.0914. The first-order chi connectivity index (χ1) is 10.7. The van der Waals surface area contributed by atoms with E-state index in [0.717, 1.165) is 10.5 Å². The highest BCUT2D eigenvalue weighted by atomic mass is 16.5. The van der Waals surface area contributed by atoms with Crippen LogP contribution >= 0.6 is 0 Å². The molecule has 22 heavy (non-hydrogen) atoms. The third kappa shape index (κ3) is 3.63. The van der Waals surface area contributed by atoms with E-state index in [1.165, 1.54) is 0 Å². The topological polar surface area (TPSA) is 66.8 Å². The fourth-order valence-electron chi connectivity index (χ4n) is 2.14. The van der Waals surface area contributed by atoms with E-state index in [1.54, 1.807) is 61.7 Å². The molecule has 1 N–H and O–H groups in total. The number of amides is 1. The van der Waals surface area contributed by atoms with Gasteiger partial charge < -0.3 is 9.84 Å². The summed E-state index contributed by atoms with van der Waals surface area (Å²) in [7, 11) is 1.56. The summed E-state index contributed by atoms with van der Waals surface area (Å²) in [5.74, 6) is 0.687. The number of ether oxygens (including phenoxy) is 1. The van der Waals surface area contributed by atoms with E-state index >= 15 is 0 Å². The molecule has 1 atom stereocenters. The summed E-state index contributed by atoms with van der Waals surface area (Å²) in [6, 6.07) is 14.8. The molecule has 0 spiro atoms. The minimum absolute atomic E-state index is 0.0914.